The second-order valence-electron chi connectivity index (χ2n) is 4.31. The zero-order valence-corrected chi connectivity index (χ0v) is 12.7. The molecule has 0 aliphatic rings. The minimum atomic E-state index is -0.357. The van der Waals surface area contributed by atoms with Crippen LogP contribution in [0.2, 0.25) is 5.02 Å². The van der Waals surface area contributed by atoms with Gasteiger partial charge in [0.2, 0.25) is 5.95 Å². The molecule has 7 heteroatoms. The minimum Gasteiger partial charge on any atom is -0.354 e. The van der Waals surface area contributed by atoms with E-state index in [0.717, 1.165) is 16.8 Å². The molecule has 2 heterocycles. The summed E-state index contributed by atoms with van der Waals surface area (Å²) in [6.07, 6.45) is 0. The second kappa shape index (κ2) is 5.83. The summed E-state index contributed by atoms with van der Waals surface area (Å²) in [6.45, 7) is 2.69. The van der Waals surface area contributed by atoms with Crippen LogP contribution in [0.1, 0.15) is 6.92 Å². The fourth-order valence-electron chi connectivity index (χ4n) is 1.91. The quantitative estimate of drug-likeness (QED) is 0.733. The largest absolute Gasteiger partial charge is 0.354 e. The number of thiophene rings is 1. The van der Waals surface area contributed by atoms with Crippen LogP contribution in [0, 0.1) is 5.82 Å². The van der Waals surface area contributed by atoms with Gasteiger partial charge in [-0.1, -0.05) is 11.6 Å². The van der Waals surface area contributed by atoms with Gasteiger partial charge in [0.05, 0.1) is 16.1 Å². The highest BCUT2D eigenvalue weighted by molar-refractivity contribution is 7.16. The van der Waals surface area contributed by atoms with E-state index in [9.17, 15) is 4.39 Å². The summed E-state index contributed by atoms with van der Waals surface area (Å²) in [5.74, 6) is 0.775. The molecule has 0 fully saturated rings. The van der Waals surface area contributed by atoms with E-state index in [1.54, 1.807) is 0 Å². The summed E-state index contributed by atoms with van der Waals surface area (Å²) in [4.78, 5) is 9.69. The Balaban J connectivity index is 2.06. The van der Waals surface area contributed by atoms with Crippen molar-refractivity contribution in [3.8, 4) is 0 Å². The lowest BCUT2D eigenvalue weighted by atomic mass is 10.3. The molecule has 1 aromatic carbocycles. The van der Waals surface area contributed by atoms with Crippen molar-refractivity contribution in [1.29, 1.82) is 0 Å². The molecule has 2 aromatic heterocycles. The van der Waals surface area contributed by atoms with Crippen molar-refractivity contribution in [2.75, 3.05) is 17.2 Å². The molecule has 3 aromatic rings. The van der Waals surface area contributed by atoms with Crippen molar-refractivity contribution in [3.63, 3.8) is 0 Å². The van der Waals surface area contributed by atoms with Crippen molar-refractivity contribution in [2.45, 2.75) is 6.92 Å². The van der Waals surface area contributed by atoms with Gasteiger partial charge >= 0.3 is 0 Å². The Hall–Kier alpha value is -1.92. The Morgan fingerprint density at radius 1 is 1.29 bits per heavy atom. The van der Waals surface area contributed by atoms with Gasteiger partial charge in [-0.25, -0.2) is 9.37 Å². The maximum Gasteiger partial charge on any atom is 0.226 e. The Morgan fingerprint density at radius 2 is 2.14 bits per heavy atom. The molecule has 0 saturated heterocycles. The molecule has 3 rings (SSSR count). The smallest absolute Gasteiger partial charge is 0.226 e. The molecule has 0 aliphatic carbocycles. The van der Waals surface area contributed by atoms with Crippen LogP contribution in [0.15, 0.2) is 29.6 Å². The van der Waals surface area contributed by atoms with Gasteiger partial charge in [-0.15, -0.1) is 11.3 Å². The molecule has 0 saturated carbocycles. The molecule has 0 atom stereocenters. The maximum absolute atomic E-state index is 13.4. The number of rotatable bonds is 4. The van der Waals surface area contributed by atoms with Crippen LogP contribution in [0.4, 0.5) is 21.8 Å². The number of hydrogen-bond donors (Lipinski definition) is 2. The van der Waals surface area contributed by atoms with Crippen molar-refractivity contribution in [2.24, 2.45) is 0 Å². The first kappa shape index (κ1) is 14.0. The number of anilines is 3. The van der Waals surface area contributed by atoms with E-state index >= 15 is 0 Å². The third kappa shape index (κ3) is 2.91. The number of aromatic nitrogens is 2. The van der Waals surface area contributed by atoms with E-state index < -0.39 is 0 Å². The number of nitrogens with one attached hydrogen (secondary N) is 2. The molecule has 0 radical (unpaired) electrons. The predicted molar refractivity (Wildman–Crippen MR) is 86.3 cm³/mol. The maximum atomic E-state index is 13.4. The first-order valence-electron chi connectivity index (χ1n) is 6.38. The fraction of sp³-hybridized carbons (Fsp3) is 0.143. The zero-order chi connectivity index (χ0) is 14.8. The SMILES string of the molecule is CCNc1nc(Nc2cc(F)ccc2Cl)c2ccsc2n1. The fourth-order valence-corrected chi connectivity index (χ4v) is 2.84. The van der Waals surface area contributed by atoms with Crippen LogP contribution >= 0.6 is 22.9 Å². The average Bonchev–Trinajstić information content (AvgIpc) is 2.92. The first-order chi connectivity index (χ1) is 10.2. The molecule has 2 N–H and O–H groups in total. The van der Waals surface area contributed by atoms with Crippen LogP contribution in [0.25, 0.3) is 10.2 Å². The Kier molecular flexibility index (Phi) is 3.90. The van der Waals surface area contributed by atoms with Gasteiger partial charge in [0.25, 0.3) is 0 Å². The summed E-state index contributed by atoms with van der Waals surface area (Å²) in [7, 11) is 0. The number of fused-ring (bicyclic) bond motifs is 1. The zero-order valence-electron chi connectivity index (χ0n) is 11.2. The Morgan fingerprint density at radius 3 is 2.95 bits per heavy atom. The van der Waals surface area contributed by atoms with Crippen LogP contribution in [0.3, 0.4) is 0 Å². The molecule has 0 amide bonds. The van der Waals surface area contributed by atoms with E-state index in [-0.39, 0.29) is 5.82 Å². The van der Waals surface area contributed by atoms with Crippen molar-refractivity contribution in [3.05, 3.63) is 40.5 Å². The number of hydrogen-bond acceptors (Lipinski definition) is 5. The van der Waals surface area contributed by atoms with Crippen molar-refractivity contribution in [1.82, 2.24) is 9.97 Å². The highest BCUT2D eigenvalue weighted by atomic mass is 35.5. The van der Waals surface area contributed by atoms with Gasteiger partial charge in [0.1, 0.15) is 16.5 Å². The summed E-state index contributed by atoms with van der Waals surface area (Å²) in [5, 5.41) is 9.41. The Bertz CT molecular complexity index is 790. The standard InChI is InChI=1S/C14H12ClFN4S/c1-2-17-14-19-12(9-5-6-21-13(9)20-14)18-11-7-8(16)3-4-10(11)15/h3-7H,2H2,1H3,(H2,17,18,19,20). The second-order valence-corrected chi connectivity index (χ2v) is 5.62. The monoisotopic (exact) mass is 322 g/mol. The summed E-state index contributed by atoms with van der Waals surface area (Å²) >= 11 is 7.61. The predicted octanol–water partition coefficient (Wildman–Crippen LogP) is 4.66. The lowest BCUT2D eigenvalue weighted by Gasteiger charge is -2.10. The van der Waals surface area contributed by atoms with Crippen molar-refractivity contribution >= 4 is 50.6 Å². The van der Waals surface area contributed by atoms with Gasteiger partial charge < -0.3 is 10.6 Å². The van der Waals surface area contributed by atoms with E-state index in [0.29, 0.717) is 22.5 Å². The molecule has 0 aliphatic heterocycles. The third-order valence-corrected chi connectivity index (χ3v) is 3.98. The molecular formula is C14H12ClFN4S. The highest BCUT2D eigenvalue weighted by Crippen LogP contribution is 2.31. The molecule has 108 valence electrons. The van der Waals surface area contributed by atoms with Crippen LogP contribution in [-0.4, -0.2) is 16.5 Å². The number of nitrogens with zero attached hydrogens (tertiary/aromatic N) is 2. The van der Waals surface area contributed by atoms with E-state index in [1.165, 1.54) is 29.5 Å². The molecule has 0 unspecified atom stereocenters. The van der Waals surface area contributed by atoms with Crippen LogP contribution in [0.5, 0.6) is 0 Å². The molecular weight excluding hydrogens is 311 g/mol. The summed E-state index contributed by atoms with van der Waals surface area (Å²) in [5.41, 5.74) is 0.477. The van der Waals surface area contributed by atoms with Gasteiger partial charge in [0, 0.05) is 6.54 Å². The van der Waals surface area contributed by atoms with Gasteiger partial charge in [0.15, 0.2) is 0 Å². The van der Waals surface area contributed by atoms with E-state index in [2.05, 4.69) is 20.6 Å². The van der Waals surface area contributed by atoms with Crippen LogP contribution in [-0.2, 0) is 0 Å². The number of halogens is 2. The number of benzene rings is 1. The summed E-state index contributed by atoms with van der Waals surface area (Å²) < 4.78 is 13.4. The normalized spacial score (nSPS) is 10.8. The molecule has 0 spiro atoms. The van der Waals surface area contributed by atoms with Gasteiger partial charge in [-0.2, -0.15) is 4.98 Å². The topological polar surface area (TPSA) is 49.8 Å². The van der Waals surface area contributed by atoms with Gasteiger partial charge in [-0.05, 0) is 36.6 Å². The highest BCUT2D eigenvalue weighted by Gasteiger charge is 2.11. The van der Waals surface area contributed by atoms with E-state index in [4.69, 9.17) is 11.6 Å². The Labute approximate surface area is 130 Å². The first-order valence-corrected chi connectivity index (χ1v) is 7.64. The van der Waals surface area contributed by atoms with Gasteiger partial charge in [-0.3, -0.25) is 0 Å². The minimum absolute atomic E-state index is 0.357. The van der Waals surface area contributed by atoms with Crippen LogP contribution < -0.4 is 10.6 Å². The molecule has 4 nitrogen and oxygen atoms in total. The summed E-state index contributed by atoms with van der Waals surface area (Å²) in [6, 6.07) is 6.09. The average molecular weight is 323 g/mol. The molecule has 0 bridgehead atoms. The third-order valence-electron chi connectivity index (χ3n) is 2.84. The lowest BCUT2D eigenvalue weighted by Crippen LogP contribution is -2.04. The van der Waals surface area contributed by atoms with E-state index in [1.807, 2.05) is 18.4 Å². The lowest BCUT2D eigenvalue weighted by molar-refractivity contribution is 0.628. The molecule has 21 heavy (non-hydrogen) atoms. The van der Waals surface area contributed by atoms with Crippen molar-refractivity contribution < 1.29 is 4.39 Å².